The molecule has 7 heteroatoms. The Balaban J connectivity index is 2.06. The average Bonchev–Trinajstić information content (AvgIpc) is 3.22. The molecule has 1 amide bonds. The molecule has 0 fully saturated rings. The molecule has 0 unspecified atom stereocenters. The van der Waals surface area contributed by atoms with E-state index in [4.69, 9.17) is 9.15 Å². The average molecular weight is 345 g/mol. The molecule has 1 aromatic carbocycles. The van der Waals surface area contributed by atoms with Crippen LogP contribution in [0.15, 0.2) is 58.4 Å². The summed E-state index contributed by atoms with van der Waals surface area (Å²) >= 11 is 0. The molecule has 1 aliphatic rings. The van der Waals surface area contributed by atoms with Gasteiger partial charge in [-0.2, -0.15) is 0 Å². The smallest absolute Gasteiger partial charge is 0.290 e. The third kappa shape index (κ3) is 3.06. The number of benzene rings is 1. The molecule has 2 heterocycles. The van der Waals surface area contributed by atoms with Gasteiger partial charge in [0.2, 0.25) is 5.78 Å². The van der Waals surface area contributed by atoms with Gasteiger partial charge in [-0.05, 0) is 29.8 Å². The molecular formula is C18H16FNO5. The van der Waals surface area contributed by atoms with Crippen LogP contribution in [0.3, 0.4) is 0 Å². The number of carbonyl (C=O) groups is 2. The van der Waals surface area contributed by atoms with Crippen molar-refractivity contribution in [1.82, 2.24) is 4.90 Å². The van der Waals surface area contributed by atoms with Crippen LogP contribution in [-0.4, -0.2) is 42.0 Å². The number of aliphatic hydroxyl groups excluding tert-OH is 1. The summed E-state index contributed by atoms with van der Waals surface area (Å²) in [4.78, 5) is 26.5. The number of amides is 1. The van der Waals surface area contributed by atoms with Gasteiger partial charge in [0, 0.05) is 13.7 Å². The number of methoxy groups -OCH3 is 1. The van der Waals surface area contributed by atoms with Gasteiger partial charge in [0.15, 0.2) is 11.5 Å². The first-order chi connectivity index (χ1) is 12.0. The van der Waals surface area contributed by atoms with Crippen molar-refractivity contribution < 1.29 is 28.2 Å². The number of Topliss-reactive ketones (excluding diaryl/α,β-unsaturated/α-hetero) is 1. The third-order valence-corrected chi connectivity index (χ3v) is 4.02. The number of ether oxygens (including phenoxy) is 1. The Morgan fingerprint density at radius 2 is 2.04 bits per heavy atom. The van der Waals surface area contributed by atoms with Gasteiger partial charge in [-0.25, -0.2) is 4.39 Å². The molecule has 1 aromatic heterocycles. The van der Waals surface area contributed by atoms with Crippen LogP contribution in [0.25, 0.3) is 0 Å². The maximum absolute atomic E-state index is 13.3. The molecule has 0 spiro atoms. The highest BCUT2D eigenvalue weighted by Gasteiger charge is 2.44. The van der Waals surface area contributed by atoms with Crippen LogP contribution in [0.2, 0.25) is 0 Å². The van der Waals surface area contributed by atoms with E-state index < -0.39 is 29.3 Å². The lowest BCUT2D eigenvalue weighted by molar-refractivity contribution is -0.130. The number of hydrogen-bond acceptors (Lipinski definition) is 5. The highest BCUT2D eigenvalue weighted by atomic mass is 19.1. The standard InChI is InChI=1S/C18H16FNO5/c1-24-10-8-20-15(11-4-6-12(19)7-5-11)14(17(22)18(20)23)16(21)13-3-2-9-25-13/h2-7,9,15,22H,8,10H2,1H3/t15-/m0/s1. The summed E-state index contributed by atoms with van der Waals surface area (Å²) < 4.78 is 23.4. The van der Waals surface area contributed by atoms with Crippen molar-refractivity contribution in [3.05, 3.63) is 71.1 Å². The molecular weight excluding hydrogens is 329 g/mol. The van der Waals surface area contributed by atoms with Gasteiger partial charge in [0.1, 0.15) is 5.82 Å². The summed E-state index contributed by atoms with van der Waals surface area (Å²) in [6, 6.07) is 7.56. The SMILES string of the molecule is COCCN1C(=O)C(O)=C(C(=O)c2ccco2)[C@@H]1c1ccc(F)cc1. The zero-order valence-electron chi connectivity index (χ0n) is 13.4. The predicted octanol–water partition coefficient (Wildman–Crippen LogP) is 2.64. The monoisotopic (exact) mass is 345 g/mol. The highest BCUT2D eigenvalue weighted by molar-refractivity contribution is 6.14. The van der Waals surface area contributed by atoms with Crippen molar-refractivity contribution in [2.75, 3.05) is 20.3 Å². The minimum absolute atomic E-state index is 0.00931. The van der Waals surface area contributed by atoms with Crippen molar-refractivity contribution in [2.24, 2.45) is 0 Å². The fourth-order valence-corrected chi connectivity index (χ4v) is 2.84. The first-order valence-corrected chi connectivity index (χ1v) is 7.61. The van der Waals surface area contributed by atoms with Gasteiger partial charge < -0.3 is 19.2 Å². The van der Waals surface area contributed by atoms with Crippen LogP contribution in [0.1, 0.15) is 22.2 Å². The predicted molar refractivity (Wildman–Crippen MR) is 85.4 cm³/mol. The molecule has 0 radical (unpaired) electrons. The number of furan rings is 1. The van der Waals surface area contributed by atoms with E-state index in [1.54, 1.807) is 0 Å². The van der Waals surface area contributed by atoms with E-state index in [0.29, 0.717) is 5.56 Å². The zero-order valence-corrected chi connectivity index (χ0v) is 13.4. The normalized spacial score (nSPS) is 17.4. The lowest BCUT2D eigenvalue weighted by atomic mass is 9.95. The van der Waals surface area contributed by atoms with E-state index in [1.807, 2.05) is 0 Å². The number of ketones is 1. The van der Waals surface area contributed by atoms with Crippen molar-refractivity contribution >= 4 is 11.7 Å². The molecule has 0 aliphatic carbocycles. The van der Waals surface area contributed by atoms with Crippen molar-refractivity contribution in [1.29, 1.82) is 0 Å². The van der Waals surface area contributed by atoms with Crippen LogP contribution >= 0.6 is 0 Å². The van der Waals surface area contributed by atoms with Gasteiger partial charge in [-0.15, -0.1) is 0 Å². The van der Waals surface area contributed by atoms with Crippen molar-refractivity contribution in [2.45, 2.75) is 6.04 Å². The number of hydrogen-bond donors (Lipinski definition) is 1. The number of aliphatic hydroxyl groups is 1. The molecule has 0 saturated heterocycles. The maximum Gasteiger partial charge on any atom is 0.290 e. The topological polar surface area (TPSA) is 80.0 Å². The van der Waals surface area contributed by atoms with Gasteiger partial charge in [0.05, 0.1) is 24.5 Å². The Morgan fingerprint density at radius 1 is 1.32 bits per heavy atom. The van der Waals surface area contributed by atoms with Crippen LogP contribution in [0.5, 0.6) is 0 Å². The molecule has 130 valence electrons. The van der Waals surface area contributed by atoms with E-state index >= 15 is 0 Å². The number of rotatable bonds is 6. The largest absolute Gasteiger partial charge is 0.503 e. The summed E-state index contributed by atoms with van der Waals surface area (Å²) in [5.41, 5.74) is 0.410. The summed E-state index contributed by atoms with van der Waals surface area (Å²) in [6.07, 6.45) is 1.33. The van der Waals surface area contributed by atoms with Crippen LogP contribution in [-0.2, 0) is 9.53 Å². The third-order valence-electron chi connectivity index (χ3n) is 4.02. The van der Waals surface area contributed by atoms with Crippen molar-refractivity contribution in [3.63, 3.8) is 0 Å². The molecule has 0 bridgehead atoms. The number of carbonyl (C=O) groups excluding carboxylic acids is 2. The first kappa shape index (κ1) is 16.9. The van der Waals surface area contributed by atoms with E-state index in [0.717, 1.165) is 0 Å². The fourth-order valence-electron chi connectivity index (χ4n) is 2.84. The molecule has 3 rings (SSSR count). The molecule has 0 saturated carbocycles. The lowest BCUT2D eigenvalue weighted by Crippen LogP contribution is -2.34. The minimum Gasteiger partial charge on any atom is -0.503 e. The van der Waals surface area contributed by atoms with Crippen LogP contribution < -0.4 is 0 Å². The Hall–Kier alpha value is -2.93. The Morgan fingerprint density at radius 3 is 2.64 bits per heavy atom. The lowest BCUT2D eigenvalue weighted by Gasteiger charge is -2.26. The molecule has 1 atom stereocenters. The summed E-state index contributed by atoms with van der Waals surface area (Å²) in [5.74, 6) is -2.34. The first-order valence-electron chi connectivity index (χ1n) is 7.61. The summed E-state index contributed by atoms with van der Waals surface area (Å²) in [7, 11) is 1.48. The Bertz CT molecular complexity index is 811. The molecule has 25 heavy (non-hydrogen) atoms. The minimum atomic E-state index is -0.846. The summed E-state index contributed by atoms with van der Waals surface area (Å²) in [5, 5.41) is 10.3. The quantitative estimate of drug-likeness (QED) is 0.814. The van der Waals surface area contributed by atoms with Crippen LogP contribution in [0.4, 0.5) is 4.39 Å². The Kier molecular flexibility index (Phi) is 4.67. The molecule has 2 aromatic rings. The van der Waals surface area contributed by atoms with Crippen LogP contribution in [0, 0.1) is 5.82 Å². The second kappa shape index (κ2) is 6.90. The highest BCUT2D eigenvalue weighted by Crippen LogP contribution is 2.38. The van der Waals surface area contributed by atoms with E-state index in [2.05, 4.69) is 0 Å². The van der Waals surface area contributed by atoms with E-state index in [1.165, 1.54) is 54.7 Å². The van der Waals surface area contributed by atoms with Crippen molar-refractivity contribution in [3.8, 4) is 0 Å². The molecule has 1 aliphatic heterocycles. The van der Waals surface area contributed by atoms with E-state index in [-0.39, 0.29) is 24.5 Å². The van der Waals surface area contributed by atoms with Gasteiger partial charge in [0.25, 0.3) is 5.91 Å². The zero-order chi connectivity index (χ0) is 18.0. The second-order valence-electron chi connectivity index (χ2n) is 5.51. The van der Waals surface area contributed by atoms with E-state index in [9.17, 15) is 19.1 Å². The molecule has 6 nitrogen and oxygen atoms in total. The second-order valence-corrected chi connectivity index (χ2v) is 5.51. The number of halogens is 1. The van der Waals surface area contributed by atoms with Gasteiger partial charge in [-0.3, -0.25) is 9.59 Å². The Labute approximate surface area is 143 Å². The molecule has 1 N–H and O–H groups in total. The number of nitrogens with zero attached hydrogens (tertiary/aromatic N) is 1. The maximum atomic E-state index is 13.3. The summed E-state index contributed by atoms with van der Waals surface area (Å²) in [6.45, 7) is 0.384. The van der Waals surface area contributed by atoms with Gasteiger partial charge >= 0.3 is 0 Å². The fraction of sp³-hybridized carbons (Fsp3) is 0.222. The van der Waals surface area contributed by atoms with Gasteiger partial charge in [-0.1, -0.05) is 12.1 Å².